The van der Waals surface area contributed by atoms with Crippen molar-refractivity contribution >= 4 is 17.5 Å². The molecule has 0 saturated heterocycles. The zero-order chi connectivity index (χ0) is 11.9. The zero-order valence-corrected chi connectivity index (χ0v) is 10.3. The van der Waals surface area contributed by atoms with Crippen molar-refractivity contribution in [2.75, 3.05) is 7.05 Å². The predicted molar refractivity (Wildman–Crippen MR) is 61.5 cm³/mol. The van der Waals surface area contributed by atoms with Gasteiger partial charge in [-0.2, -0.15) is 4.39 Å². The first-order valence-electron chi connectivity index (χ1n) is 5.14. The highest BCUT2D eigenvalue weighted by Crippen LogP contribution is 2.31. The molecule has 2 rings (SSSR count). The summed E-state index contributed by atoms with van der Waals surface area (Å²) in [6.07, 6.45) is -0.0985. The summed E-state index contributed by atoms with van der Waals surface area (Å²) >= 11 is 6.01. The summed E-state index contributed by atoms with van der Waals surface area (Å²) in [6, 6.07) is 3.61. The second-order valence-electron chi connectivity index (χ2n) is 4.10. The number of ether oxygens (including phenoxy) is 1. The minimum Gasteiger partial charge on any atom is -0.473 e. The van der Waals surface area contributed by atoms with E-state index in [1.165, 1.54) is 4.90 Å². The summed E-state index contributed by atoms with van der Waals surface area (Å²) in [7, 11) is 1.68. The van der Waals surface area contributed by atoms with Crippen molar-refractivity contribution in [2.24, 2.45) is 0 Å². The van der Waals surface area contributed by atoms with Gasteiger partial charge in [0.05, 0.1) is 12.6 Å². The molecule has 3 nitrogen and oxygen atoms in total. The maximum atomic E-state index is 13.9. The van der Waals surface area contributed by atoms with Gasteiger partial charge in [-0.05, 0) is 26.0 Å². The van der Waals surface area contributed by atoms with Crippen LogP contribution in [0.25, 0.3) is 5.88 Å². The predicted octanol–water partition coefficient (Wildman–Crippen LogP) is 3.07. The number of hydrogen-bond donors (Lipinski definition) is 0. The standard InChI is InChI=1S/C11H14ClFN2O/c1-7(2)16-11-10(13)14(3)6-8-4-5-9(12)15(8)11/h4-5,7H,6H2,1-3H3. The molecule has 88 valence electrons. The summed E-state index contributed by atoms with van der Waals surface area (Å²) in [5.74, 6) is -0.215. The highest BCUT2D eigenvalue weighted by Gasteiger charge is 2.26. The molecule has 2 heterocycles. The maximum Gasteiger partial charge on any atom is 0.254 e. The van der Waals surface area contributed by atoms with E-state index in [1.807, 2.05) is 19.9 Å². The Morgan fingerprint density at radius 3 is 2.75 bits per heavy atom. The fourth-order valence-corrected chi connectivity index (χ4v) is 1.94. The summed E-state index contributed by atoms with van der Waals surface area (Å²) in [5, 5.41) is 0.467. The third-order valence-electron chi connectivity index (χ3n) is 2.38. The second kappa shape index (κ2) is 4.01. The van der Waals surface area contributed by atoms with Crippen molar-refractivity contribution in [3.63, 3.8) is 0 Å². The van der Waals surface area contributed by atoms with E-state index in [4.69, 9.17) is 16.3 Å². The summed E-state index contributed by atoms with van der Waals surface area (Å²) in [6.45, 7) is 4.20. The Balaban J connectivity index is 2.50. The van der Waals surface area contributed by atoms with Gasteiger partial charge >= 0.3 is 0 Å². The zero-order valence-electron chi connectivity index (χ0n) is 9.50. The van der Waals surface area contributed by atoms with Gasteiger partial charge in [0.25, 0.3) is 11.8 Å². The third kappa shape index (κ3) is 1.78. The molecule has 0 radical (unpaired) electrons. The maximum absolute atomic E-state index is 13.9. The second-order valence-corrected chi connectivity index (χ2v) is 4.49. The van der Waals surface area contributed by atoms with Crippen LogP contribution in [-0.4, -0.2) is 22.6 Å². The van der Waals surface area contributed by atoms with Crippen LogP contribution in [0.4, 0.5) is 4.39 Å². The van der Waals surface area contributed by atoms with Crippen LogP contribution in [-0.2, 0) is 11.3 Å². The molecule has 5 heteroatoms. The van der Waals surface area contributed by atoms with Crippen LogP contribution in [0, 0.1) is 0 Å². The van der Waals surface area contributed by atoms with E-state index in [0.29, 0.717) is 11.7 Å². The normalized spacial score (nSPS) is 15.8. The first-order valence-corrected chi connectivity index (χ1v) is 5.52. The molecule has 0 atom stereocenters. The molecule has 0 amide bonds. The average molecular weight is 245 g/mol. The van der Waals surface area contributed by atoms with E-state index < -0.39 is 0 Å². The van der Waals surface area contributed by atoms with Gasteiger partial charge in [0.2, 0.25) is 0 Å². The fourth-order valence-electron chi connectivity index (χ4n) is 1.69. The molecule has 16 heavy (non-hydrogen) atoms. The van der Waals surface area contributed by atoms with Crippen LogP contribution in [0.5, 0.6) is 0 Å². The van der Waals surface area contributed by atoms with Crippen molar-refractivity contribution < 1.29 is 9.13 Å². The first kappa shape index (κ1) is 11.3. The third-order valence-corrected chi connectivity index (χ3v) is 2.67. The SMILES string of the molecule is CC(C)OC1=C(F)N(C)Cc2ccc(Cl)n21. The Hall–Kier alpha value is -1.16. The number of rotatable bonds is 2. The molecule has 0 spiro atoms. The molecule has 0 N–H and O–H groups in total. The van der Waals surface area contributed by atoms with Gasteiger partial charge in [0.15, 0.2) is 0 Å². The lowest BCUT2D eigenvalue weighted by atomic mass is 10.3. The molecule has 0 aromatic carbocycles. The van der Waals surface area contributed by atoms with Gasteiger partial charge < -0.3 is 9.64 Å². The molecule has 0 bridgehead atoms. The Morgan fingerprint density at radius 2 is 2.12 bits per heavy atom. The van der Waals surface area contributed by atoms with Crippen molar-refractivity contribution in [3.05, 3.63) is 28.9 Å². The van der Waals surface area contributed by atoms with Crippen LogP contribution < -0.4 is 0 Å². The number of hydrogen-bond acceptors (Lipinski definition) is 2. The summed E-state index contributed by atoms with van der Waals surface area (Å²) in [5.41, 5.74) is 0.921. The Kier molecular flexibility index (Phi) is 2.84. The molecular weight excluding hydrogens is 231 g/mol. The fraction of sp³-hybridized carbons (Fsp3) is 0.455. The van der Waals surface area contributed by atoms with E-state index in [9.17, 15) is 4.39 Å². The minimum absolute atomic E-state index is 0.0985. The quantitative estimate of drug-likeness (QED) is 0.744. The topological polar surface area (TPSA) is 17.4 Å². The van der Waals surface area contributed by atoms with Crippen LogP contribution in [0.15, 0.2) is 18.1 Å². The molecule has 1 aromatic rings. The van der Waals surface area contributed by atoms with Crippen molar-refractivity contribution in [2.45, 2.75) is 26.5 Å². The number of nitrogens with zero attached hydrogens (tertiary/aromatic N) is 2. The molecule has 0 unspecified atom stereocenters. The largest absolute Gasteiger partial charge is 0.473 e. The van der Waals surface area contributed by atoms with Gasteiger partial charge in [-0.3, -0.25) is 4.57 Å². The van der Waals surface area contributed by atoms with E-state index in [-0.39, 0.29) is 17.9 Å². The van der Waals surface area contributed by atoms with E-state index >= 15 is 0 Å². The summed E-state index contributed by atoms with van der Waals surface area (Å²) in [4.78, 5) is 1.50. The lowest BCUT2D eigenvalue weighted by molar-refractivity contribution is 0.158. The monoisotopic (exact) mass is 244 g/mol. The lowest BCUT2D eigenvalue weighted by Gasteiger charge is -2.28. The highest BCUT2D eigenvalue weighted by atomic mass is 35.5. The van der Waals surface area contributed by atoms with Crippen LogP contribution >= 0.6 is 11.6 Å². The van der Waals surface area contributed by atoms with Crippen LogP contribution in [0.1, 0.15) is 19.5 Å². The Morgan fingerprint density at radius 1 is 1.44 bits per heavy atom. The van der Waals surface area contributed by atoms with Crippen molar-refractivity contribution in [1.29, 1.82) is 0 Å². The number of aromatic nitrogens is 1. The van der Waals surface area contributed by atoms with Gasteiger partial charge in [-0.1, -0.05) is 11.6 Å². The van der Waals surface area contributed by atoms with Gasteiger partial charge in [-0.15, -0.1) is 0 Å². The first-order chi connectivity index (χ1) is 7.50. The van der Waals surface area contributed by atoms with E-state index in [1.54, 1.807) is 17.7 Å². The van der Waals surface area contributed by atoms with E-state index in [0.717, 1.165) is 5.69 Å². The molecule has 0 fully saturated rings. The van der Waals surface area contributed by atoms with Crippen molar-refractivity contribution in [1.82, 2.24) is 9.47 Å². The highest BCUT2D eigenvalue weighted by molar-refractivity contribution is 6.30. The van der Waals surface area contributed by atoms with Gasteiger partial charge in [0.1, 0.15) is 5.15 Å². The number of fused-ring (bicyclic) bond motifs is 1. The van der Waals surface area contributed by atoms with E-state index in [2.05, 4.69) is 0 Å². The smallest absolute Gasteiger partial charge is 0.254 e. The molecule has 0 aliphatic carbocycles. The molecular formula is C11H14ClFN2O. The molecule has 1 aliphatic heterocycles. The minimum atomic E-state index is -0.390. The Labute approximate surface area is 99.1 Å². The van der Waals surface area contributed by atoms with Gasteiger partial charge in [-0.25, -0.2) is 0 Å². The molecule has 1 aromatic heterocycles. The summed E-state index contributed by atoms with van der Waals surface area (Å²) < 4.78 is 21.0. The van der Waals surface area contributed by atoms with Crippen LogP contribution in [0.2, 0.25) is 5.15 Å². The average Bonchev–Trinajstić information content (AvgIpc) is 2.54. The van der Waals surface area contributed by atoms with Crippen molar-refractivity contribution in [3.8, 4) is 0 Å². The van der Waals surface area contributed by atoms with Gasteiger partial charge in [0, 0.05) is 12.7 Å². The lowest BCUT2D eigenvalue weighted by Crippen LogP contribution is -2.26. The Bertz CT molecular complexity index is 439. The number of halogens is 2. The molecule has 1 aliphatic rings. The van der Waals surface area contributed by atoms with Crippen LogP contribution in [0.3, 0.4) is 0 Å². The molecule has 0 saturated carbocycles.